The normalized spacial score (nSPS) is 16.1. The highest BCUT2D eigenvalue weighted by atomic mass is 19.3. The third kappa shape index (κ3) is 13.3. The molecular formula is C30H46F2N4O4. The lowest BCUT2D eigenvalue weighted by Crippen LogP contribution is -2.32. The second-order valence-corrected chi connectivity index (χ2v) is 9.87. The predicted molar refractivity (Wildman–Crippen MR) is 153 cm³/mol. The average Bonchev–Trinajstić information content (AvgIpc) is 3.63. The largest absolute Gasteiger partial charge is 0.479 e. The Morgan fingerprint density at radius 2 is 1.65 bits per heavy atom. The van der Waals surface area contributed by atoms with Crippen molar-refractivity contribution in [3.8, 4) is 11.6 Å². The van der Waals surface area contributed by atoms with Crippen LogP contribution in [0.2, 0.25) is 0 Å². The summed E-state index contributed by atoms with van der Waals surface area (Å²) in [4.78, 5) is 36.8. The first-order valence-corrected chi connectivity index (χ1v) is 14.2. The van der Waals surface area contributed by atoms with Crippen molar-refractivity contribution in [2.45, 2.75) is 99.5 Å². The lowest BCUT2D eigenvalue weighted by Gasteiger charge is -2.16. The van der Waals surface area contributed by atoms with Gasteiger partial charge in [-0.25, -0.2) is 23.7 Å². The molecule has 0 spiro atoms. The Hall–Kier alpha value is -3.17. The highest BCUT2D eigenvalue weighted by Gasteiger charge is 2.34. The van der Waals surface area contributed by atoms with E-state index in [1.807, 2.05) is 13.8 Å². The summed E-state index contributed by atoms with van der Waals surface area (Å²) in [6, 6.07) is 2.95. The van der Waals surface area contributed by atoms with Crippen molar-refractivity contribution in [2.75, 3.05) is 18.1 Å². The Labute approximate surface area is 237 Å². The summed E-state index contributed by atoms with van der Waals surface area (Å²) in [6.07, 6.45) is 9.35. The quantitative estimate of drug-likeness (QED) is 0.329. The van der Waals surface area contributed by atoms with E-state index in [2.05, 4.69) is 35.7 Å². The Morgan fingerprint density at radius 1 is 1.07 bits per heavy atom. The van der Waals surface area contributed by atoms with Gasteiger partial charge < -0.3 is 14.4 Å². The molecule has 10 heteroatoms. The van der Waals surface area contributed by atoms with Gasteiger partial charge in [-0.3, -0.25) is 9.59 Å². The van der Waals surface area contributed by atoms with Crippen molar-refractivity contribution in [1.29, 1.82) is 0 Å². The molecule has 2 aromatic rings. The number of anilines is 1. The maximum atomic E-state index is 12.8. The highest BCUT2D eigenvalue weighted by Crippen LogP contribution is 2.27. The molecular weight excluding hydrogens is 518 g/mol. The van der Waals surface area contributed by atoms with Crippen molar-refractivity contribution >= 4 is 17.4 Å². The fourth-order valence-electron chi connectivity index (χ4n) is 3.46. The maximum Gasteiger partial charge on any atom is 0.278 e. The topological polar surface area (TPSA) is 94.5 Å². The van der Waals surface area contributed by atoms with Gasteiger partial charge in [0.15, 0.2) is 12.7 Å². The first-order chi connectivity index (χ1) is 18.9. The number of carbonyl (C=O) groups is 2. The molecule has 1 aliphatic heterocycles. The smallest absolute Gasteiger partial charge is 0.278 e. The zero-order valence-corrected chi connectivity index (χ0v) is 25.2. The Bertz CT molecular complexity index is 1010. The summed E-state index contributed by atoms with van der Waals surface area (Å²) < 4.78 is 36.1. The van der Waals surface area contributed by atoms with E-state index in [1.165, 1.54) is 31.2 Å². The number of ether oxygens (including phenoxy) is 2. The van der Waals surface area contributed by atoms with Crippen molar-refractivity contribution in [3.05, 3.63) is 36.5 Å². The van der Waals surface area contributed by atoms with Crippen LogP contribution in [0.5, 0.6) is 11.6 Å². The summed E-state index contributed by atoms with van der Waals surface area (Å²) in [5.74, 6) is -0.345. The van der Waals surface area contributed by atoms with E-state index in [1.54, 1.807) is 31.1 Å². The molecule has 2 fully saturated rings. The van der Waals surface area contributed by atoms with Crippen LogP contribution in [0.3, 0.4) is 0 Å². The third-order valence-corrected chi connectivity index (χ3v) is 6.12. The van der Waals surface area contributed by atoms with E-state index in [0.29, 0.717) is 41.9 Å². The molecule has 224 valence electrons. The van der Waals surface area contributed by atoms with Crippen molar-refractivity contribution in [2.24, 2.45) is 11.8 Å². The predicted octanol–water partition coefficient (Wildman–Crippen LogP) is 6.85. The van der Waals surface area contributed by atoms with E-state index >= 15 is 0 Å². The third-order valence-electron chi connectivity index (χ3n) is 6.12. The molecule has 2 aliphatic rings. The number of ketones is 1. The molecule has 0 N–H and O–H groups in total. The van der Waals surface area contributed by atoms with Crippen LogP contribution in [-0.2, 0) is 9.59 Å². The first-order valence-electron chi connectivity index (χ1n) is 14.2. The number of aryl methyl sites for hydroxylation is 1. The van der Waals surface area contributed by atoms with Crippen LogP contribution in [0.25, 0.3) is 0 Å². The van der Waals surface area contributed by atoms with Crippen molar-refractivity contribution in [1.82, 2.24) is 15.0 Å². The summed E-state index contributed by atoms with van der Waals surface area (Å²) in [6.45, 7) is 14.3. The Morgan fingerprint density at radius 3 is 2.05 bits per heavy atom. The second-order valence-electron chi connectivity index (χ2n) is 9.87. The Balaban J connectivity index is 0.000000471. The Kier molecular flexibility index (Phi) is 15.3. The molecule has 1 saturated heterocycles. The van der Waals surface area contributed by atoms with Gasteiger partial charge in [0.1, 0.15) is 17.4 Å². The minimum atomic E-state index is -2.93. The van der Waals surface area contributed by atoms with Crippen LogP contribution in [-0.4, -0.2) is 51.8 Å². The molecule has 40 heavy (non-hydrogen) atoms. The summed E-state index contributed by atoms with van der Waals surface area (Å²) in [5.41, 5.74) is 0.620. The van der Waals surface area contributed by atoms with E-state index in [0.717, 1.165) is 25.7 Å². The summed E-state index contributed by atoms with van der Waals surface area (Å²) >= 11 is 0. The molecule has 1 atom stereocenters. The number of alkyl halides is 2. The molecule has 4 rings (SSSR count). The molecule has 0 aromatic carbocycles. The van der Waals surface area contributed by atoms with Crippen LogP contribution in [0.15, 0.2) is 30.7 Å². The van der Waals surface area contributed by atoms with Crippen LogP contribution in [0, 0.1) is 18.8 Å². The van der Waals surface area contributed by atoms with Gasteiger partial charge in [0.2, 0.25) is 5.88 Å². The van der Waals surface area contributed by atoms with E-state index in [4.69, 9.17) is 9.47 Å². The summed E-state index contributed by atoms with van der Waals surface area (Å²) in [7, 11) is 0. The van der Waals surface area contributed by atoms with Gasteiger partial charge in [0.05, 0.1) is 24.3 Å². The molecule has 1 aliphatic carbocycles. The van der Waals surface area contributed by atoms with Gasteiger partial charge in [-0.1, -0.05) is 47.5 Å². The van der Waals surface area contributed by atoms with Crippen molar-refractivity contribution in [3.63, 3.8) is 0 Å². The van der Waals surface area contributed by atoms with Gasteiger partial charge in [-0.05, 0) is 38.7 Å². The number of hydrogen-bond acceptors (Lipinski definition) is 7. The average molecular weight is 565 g/mol. The molecule has 0 bridgehead atoms. The number of nitrogens with zero attached hydrogens (tertiary/aromatic N) is 4. The maximum absolute atomic E-state index is 12.8. The SMILES string of the molecule is CC.CC1CC1.CCC(CC)C(C)=O.Cc1ncc(N2CC[C@@H](Oc3ccc(OCC(C)(F)F)nc3)C2=O)cn1. The molecule has 0 unspecified atom stereocenters. The van der Waals surface area contributed by atoms with Crippen LogP contribution >= 0.6 is 0 Å². The number of amides is 1. The van der Waals surface area contributed by atoms with Gasteiger partial charge in [0.25, 0.3) is 11.8 Å². The zero-order valence-electron chi connectivity index (χ0n) is 25.2. The fourth-order valence-corrected chi connectivity index (χ4v) is 3.46. The number of carbonyl (C=O) groups excluding carboxylic acids is 2. The highest BCUT2D eigenvalue weighted by molar-refractivity contribution is 5.98. The van der Waals surface area contributed by atoms with Crippen LogP contribution in [0.1, 0.15) is 86.4 Å². The number of halogens is 2. The lowest BCUT2D eigenvalue weighted by atomic mass is 10.00. The molecule has 0 radical (unpaired) electrons. The van der Waals surface area contributed by atoms with Crippen LogP contribution in [0.4, 0.5) is 14.5 Å². The molecule has 8 nitrogen and oxygen atoms in total. The number of rotatable bonds is 9. The van der Waals surface area contributed by atoms with Gasteiger partial charge in [-0.2, -0.15) is 0 Å². The lowest BCUT2D eigenvalue weighted by molar-refractivity contribution is -0.123. The number of aromatic nitrogens is 3. The number of pyridine rings is 1. The number of Topliss-reactive ketones (excluding diaryl/α,β-unsaturated/α-hetero) is 1. The first kappa shape index (κ1) is 34.9. The second kappa shape index (κ2) is 17.5. The van der Waals surface area contributed by atoms with E-state index in [-0.39, 0.29) is 11.8 Å². The molecule has 2 aromatic heterocycles. The minimum absolute atomic E-state index is 0.0649. The van der Waals surface area contributed by atoms with Crippen LogP contribution < -0.4 is 14.4 Å². The molecule has 3 heterocycles. The van der Waals surface area contributed by atoms with Gasteiger partial charge in [-0.15, -0.1) is 0 Å². The fraction of sp³-hybridized carbons (Fsp3) is 0.633. The summed E-state index contributed by atoms with van der Waals surface area (Å²) in [5, 5.41) is 0. The van der Waals surface area contributed by atoms with Gasteiger partial charge >= 0.3 is 0 Å². The van der Waals surface area contributed by atoms with Crippen molar-refractivity contribution < 1.29 is 27.8 Å². The molecule has 1 saturated carbocycles. The number of hydrogen-bond donors (Lipinski definition) is 0. The monoisotopic (exact) mass is 564 g/mol. The van der Waals surface area contributed by atoms with E-state index in [9.17, 15) is 18.4 Å². The molecule has 1 amide bonds. The minimum Gasteiger partial charge on any atom is -0.479 e. The standard InChI is InChI=1S/C17H18F2N4O3.C7H14O.C4H8.C2H6/c1-11-20-7-12(8-21-11)23-6-5-14(16(23)24)26-13-3-4-15(22-9-13)25-10-17(2,18)19;1-4-7(5-2)6(3)8;1-4-2-3-4;1-2/h3-4,7-9,14H,5-6,10H2,1-2H3;7H,4-5H2,1-3H3;4H,2-3H2,1H3;1-2H3/t14-;;;/m1.../s1. The van der Waals surface area contributed by atoms with Gasteiger partial charge in [0, 0.05) is 31.9 Å². The zero-order chi connectivity index (χ0) is 30.3. The van der Waals surface area contributed by atoms with E-state index < -0.39 is 18.6 Å².